The van der Waals surface area contributed by atoms with E-state index in [1.54, 1.807) is 0 Å². The highest BCUT2D eigenvalue weighted by Gasteiger charge is 2.28. The zero-order valence-corrected chi connectivity index (χ0v) is 19.1. The van der Waals surface area contributed by atoms with Crippen molar-refractivity contribution in [1.82, 2.24) is 4.90 Å². The summed E-state index contributed by atoms with van der Waals surface area (Å²) in [6.07, 6.45) is 6.88. The van der Waals surface area contributed by atoms with Crippen LogP contribution in [0.3, 0.4) is 0 Å². The highest BCUT2D eigenvalue weighted by atomic mass is 35.5. The molecule has 32 heavy (non-hydrogen) atoms. The van der Waals surface area contributed by atoms with Gasteiger partial charge in [0.05, 0.1) is 0 Å². The molecule has 0 bridgehead atoms. The summed E-state index contributed by atoms with van der Waals surface area (Å²) in [5.41, 5.74) is 6.82. The van der Waals surface area contributed by atoms with Crippen molar-refractivity contribution in [3.05, 3.63) is 94.0 Å². The van der Waals surface area contributed by atoms with Crippen LogP contribution in [0.25, 0.3) is 23.3 Å². The van der Waals surface area contributed by atoms with Gasteiger partial charge in [0.15, 0.2) is 0 Å². The lowest BCUT2D eigenvalue weighted by Gasteiger charge is -2.32. The first kappa shape index (κ1) is 22.3. The smallest absolute Gasteiger partial charge is 0.320 e. The Morgan fingerprint density at radius 3 is 2.56 bits per heavy atom. The van der Waals surface area contributed by atoms with E-state index in [4.69, 9.17) is 11.6 Å². The van der Waals surface area contributed by atoms with Gasteiger partial charge in [0, 0.05) is 11.6 Å². The molecule has 1 aliphatic rings. The van der Waals surface area contributed by atoms with Crippen molar-refractivity contribution in [2.75, 3.05) is 6.54 Å². The average molecular weight is 446 g/mol. The summed E-state index contributed by atoms with van der Waals surface area (Å²) < 4.78 is 0. The zero-order valence-electron chi connectivity index (χ0n) is 18.3. The summed E-state index contributed by atoms with van der Waals surface area (Å²) in [5.74, 6) is -0.733. The van der Waals surface area contributed by atoms with Gasteiger partial charge in [0.1, 0.15) is 6.04 Å². The third-order valence-electron chi connectivity index (χ3n) is 6.25. The third-order valence-corrected chi connectivity index (χ3v) is 6.58. The number of aliphatic carboxylic acids is 1. The number of hydrogen-bond acceptors (Lipinski definition) is 2. The lowest BCUT2D eigenvalue weighted by Crippen LogP contribution is -2.43. The maximum atomic E-state index is 11.6. The normalized spacial score (nSPS) is 17.0. The molecule has 0 unspecified atom stereocenters. The summed E-state index contributed by atoms with van der Waals surface area (Å²) >= 11 is 6.59. The Labute approximate surface area is 195 Å². The highest BCUT2D eigenvalue weighted by molar-refractivity contribution is 6.32. The summed E-state index contributed by atoms with van der Waals surface area (Å²) in [7, 11) is 0. The van der Waals surface area contributed by atoms with Crippen molar-refractivity contribution < 1.29 is 9.90 Å². The molecular formula is C28H28ClNO2. The molecule has 0 aliphatic carbocycles. The Balaban J connectivity index is 1.51. The van der Waals surface area contributed by atoms with Gasteiger partial charge in [-0.15, -0.1) is 0 Å². The first-order valence-corrected chi connectivity index (χ1v) is 11.5. The monoisotopic (exact) mass is 445 g/mol. The highest BCUT2D eigenvalue weighted by Crippen LogP contribution is 2.28. The quantitative estimate of drug-likeness (QED) is 0.418. The van der Waals surface area contributed by atoms with Crippen molar-refractivity contribution in [1.29, 1.82) is 0 Å². The molecule has 4 rings (SSSR count). The van der Waals surface area contributed by atoms with Crippen LogP contribution in [-0.2, 0) is 11.3 Å². The fraction of sp³-hybridized carbons (Fsp3) is 0.250. The number of nitrogens with zero attached hydrogens (tertiary/aromatic N) is 1. The lowest BCUT2D eigenvalue weighted by atomic mass is 9.96. The maximum Gasteiger partial charge on any atom is 0.320 e. The number of benzene rings is 3. The van der Waals surface area contributed by atoms with E-state index in [1.807, 2.05) is 35.2 Å². The van der Waals surface area contributed by atoms with Gasteiger partial charge in [-0.25, -0.2) is 0 Å². The van der Waals surface area contributed by atoms with Crippen LogP contribution >= 0.6 is 11.6 Å². The fourth-order valence-electron chi connectivity index (χ4n) is 4.44. The van der Waals surface area contributed by atoms with Crippen molar-refractivity contribution in [3.63, 3.8) is 0 Å². The Kier molecular flexibility index (Phi) is 7.09. The number of hydrogen-bond donors (Lipinski definition) is 1. The summed E-state index contributed by atoms with van der Waals surface area (Å²) in [6.45, 7) is 3.57. The van der Waals surface area contributed by atoms with Crippen molar-refractivity contribution in [2.45, 2.75) is 38.8 Å². The number of likely N-dealkylation sites (tertiary alicyclic amines) is 1. The van der Waals surface area contributed by atoms with Gasteiger partial charge >= 0.3 is 5.97 Å². The molecule has 1 atom stereocenters. The van der Waals surface area contributed by atoms with E-state index in [0.717, 1.165) is 36.1 Å². The van der Waals surface area contributed by atoms with Gasteiger partial charge in [-0.05, 0) is 65.8 Å². The third kappa shape index (κ3) is 5.12. The van der Waals surface area contributed by atoms with E-state index in [9.17, 15) is 9.90 Å². The molecule has 3 nitrogen and oxygen atoms in total. The molecule has 1 heterocycles. The minimum Gasteiger partial charge on any atom is -0.480 e. The number of piperidine rings is 1. The van der Waals surface area contributed by atoms with Crippen LogP contribution < -0.4 is 0 Å². The second-order valence-corrected chi connectivity index (χ2v) is 8.80. The topological polar surface area (TPSA) is 40.5 Å². The molecule has 1 aliphatic heterocycles. The van der Waals surface area contributed by atoms with Gasteiger partial charge in [0.2, 0.25) is 0 Å². The molecular weight excluding hydrogens is 418 g/mol. The zero-order chi connectivity index (χ0) is 22.5. The van der Waals surface area contributed by atoms with Gasteiger partial charge in [-0.3, -0.25) is 9.69 Å². The Hall–Kier alpha value is -2.88. The van der Waals surface area contributed by atoms with Crippen LogP contribution in [0.5, 0.6) is 0 Å². The van der Waals surface area contributed by atoms with Crippen LogP contribution in [0.1, 0.15) is 41.5 Å². The molecule has 164 valence electrons. The number of carboxylic acid groups (broad SMARTS) is 1. The molecule has 0 spiro atoms. The van der Waals surface area contributed by atoms with E-state index in [-0.39, 0.29) is 0 Å². The Morgan fingerprint density at radius 1 is 1.03 bits per heavy atom. The Bertz CT molecular complexity index is 1120. The van der Waals surface area contributed by atoms with E-state index in [2.05, 4.69) is 55.5 Å². The number of carbonyl (C=O) groups is 1. The van der Waals surface area contributed by atoms with Gasteiger partial charge in [-0.2, -0.15) is 0 Å². The van der Waals surface area contributed by atoms with Crippen LogP contribution in [0.4, 0.5) is 0 Å². The molecule has 4 heteroatoms. The second kappa shape index (κ2) is 10.2. The first-order chi connectivity index (χ1) is 15.5. The number of halogens is 1. The standard InChI is InChI=1S/C28H28ClNO2/c1-20-22(10-7-11-25(20)23-8-3-2-4-9-23)15-16-24-14-13-21(18-26(24)29)19-30-17-6-5-12-27(30)28(31)32/h2-4,7-11,13-16,18,27H,5-6,12,17,19H2,1H3,(H,31,32)/b16-15+/t27-/m0/s1. The molecule has 0 amide bonds. The van der Waals surface area contributed by atoms with Crippen LogP contribution in [-0.4, -0.2) is 28.6 Å². The van der Waals surface area contributed by atoms with E-state index < -0.39 is 12.0 Å². The Morgan fingerprint density at radius 2 is 1.81 bits per heavy atom. The predicted octanol–water partition coefficient (Wildman–Crippen LogP) is 6.92. The largest absolute Gasteiger partial charge is 0.480 e. The van der Waals surface area contributed by atoms with Crippen molar-refractivity contribution >= 4 is 29.7 Å². The lowest BCUT2D eigenvalue weighted by molar-refractivity contribution is -0.144. The SMILES string of the molecule is Cc1c(/C=C/c2ccc(CN3CCCC[C@H]3C(=O)O)cc2Cl)cccc1-c1ccccc1. The molecule has 3 aromatic carbocycles. The van der Waals surface area contributed by atoms with Crippen molar-refractivity contribution in [2.24, 2.45) is 0 Å². The molecule has 3 aromatic rings. The average Bonchev–Trinajstić information content (AvgIpc) is 2.80. The molecule has 1 N–H and O–H groups in total. The molecule has 0 saturated carbocycles. The first-order valence-electron chi connectivity index (χ1n) is 11.1. The van der Waals surface area contributed by atoms with Gasteiger partial charge < -0.3 is 5.11 Å². The molecule has 1 saturated heterocycles. The van der Waals surface area contributed by atoms with Gasteiger partial charge in [0.25, 0.3) is 0 Å². The molecule has 0 aromatic heterocycles. The van der Waals surface area contributed by atoms with Crippen LogP contribution in [0.15, 0.2) is 66.7 Å². The summed E-state index contributed by atoms with van der Waals surface area (Å²) in [5, 5.41) is 10.2. The molecule has 0 radical (unpaired) electrons. The second-order valence-electron chi connectivity index (χ2n) is 8.40. The predicted molar refractivity (Wildman–Crippen MR) is 133 cm³/mol. The summed E-state index contributed by atoms with van der Waals surface area (Å²) in [6, 6.07) is 22.4. The van der Waals surface area contributed by atoms with Crippen molar-refractivity contribution in [3.8, 4) is 11.1 Å². The summed E-state index contributed by atoms with van der Waals surface area (Å²) in [4.78, 5) is 13.6. The minimum absolute atomic E-state index is 0.401. The minimum atomic E-state index is -0.733. The van der Waals surface area contributed by atoms with Gasteiger partial charge in [-0.1, -0.05) is 90.8 Å². The maximum absolute atomic E-state index is 11.6. The van der Waals surface area contributed by atoms with E-state index >= 15 is 0 Å². The molecule has 1 fully saturated rings. The fourth-order valence-corrected chi connectivity index (χ4v) is 4.71. The number of carboxylic acids is 1. The van der Waals surface area contributed by atoms with E-state index in [0.29, 0.717) is 18.0 Å². The van der Waals surface area contributed by atoms with Crippen LogP contribution in [0, 0.1) is 6.92 Å². The van der Waals surface area contributed by atoms with E-state index in [1.165, 1.54) is 16.7 Å². The van der Waals surface area contributed by atoms with Crippen LogP contribution in [0.2, 0.25) is 5.02 Å². The number of rotatable bonds is 6.